The van der Waals surface area contributed by atoms with Gasteiger partial charge in [0, 0.05) is 40.0 Å². The Morgan fingerprint density at radius 3 is 2.91 bits per heavy atom. The highest BCUT2D eigenvalue weighted by Gasteiger charge is 2.07. The van der Waals surface area contributed by atoms with Gasteiger partial charge in [-0.25, -0.2) is 0 Å². The van der Waals surface area contributed by atoms with E-state index in [1.165, 1.54) is 6.08 Å². The van der Waals surface area contributed by atoms with Gasteiger partial charge >= 0.3 is 0 Å². The van der Waals surface area contributed by atoms with Crippen molar-refractivity contribution in [2.45, 2.75) is 6.54 Å². The minimum atomic E-state index is -0.155. The van der Waals surface area contributed by atoms with Gasteiger partial charge in [0.1, 0.15) is 0 Å². The van der Waals surface area contributed by atoms with Gasteiger partial charge in [0.2, 0.25) is 5.91 Å². The average molecular weight is 329 g/mol. The summed E-state index contributed by atoms with van der Waals surface area (Å²) in [6, 6.07) is 11.7. The third-order valence-corrected chi connectivity index (χ3v) is 4.79. The van der Waals surface area contributed by atoms with Gasteiger partial charge < -0.3 is 5.32 Å². The maximum absolute atomic E-state index is 11.9. The molecule has 0 unspecified atom stereocenters. The first kappa shape index (κ1) is 14.8. The third-order valence-electron chi connectivity index (χ3n) is 3.14. The van der Waals surface area contributed by atoms with Crippen LogP contribution in [0.15, 0.2) is 54.9 Å². The van der Waals surface area contributed by atoms with Crippen LogP contribution in [-0.2, 0) is 11.3 Å². The molecule has 0 aliphatic rings. The topological polar surface area (TPSA) is 42.0 Å². The molecule has 0 bridgehead atoms. The Kier molecular flexibility index (Phi) is 4.51. The molecule has 1 amide bonds. The van der Waals surface area contributed by atoms with E-state index >= 15 is 0 Å². The number of hydrogen-bond donors (Lipinski definition) is 1. The summed E-state index contributed by atoms with van der Waals surface area (Å²) in [5, 5.41) is 4.53. The van der Waals surface area contributed by atoms with E-state index in [-0.39, 0.29) is 5.91 Å². The summed E-state index contributed by atoms with van der Waals surface area (Å²) in [4.78, 5) is 16.8. The highest BCUT2D eigenvalue weighted by molar-refractivity contribution is 7.20. The molecule has 1 aromatic carbocycles. The van der Waals surface area contributed by atoms with Crippen molar-refractivity contribution in [1.29, 1.82) is 0 Å². The molecule has 2 heterocycles. The lowest BCUT2D eigenvalue weighted by atomic mass is 10.2. The van der Waals surface area contributed by atoms with Gasteiger partial charge in [-0.05, 0) is 23.8 Å². The van der Waals surface area contributed by atoms with E-state index in [1.807, 2.05) is 36.4 Å². The van der Waals surface area contributed by atoms with E-state index in [4.69, 9.17) is 11.6 Å². The summed E-state index contributed by atoms with van der Waals surface area (Å²) in [7, 11) is 0. The fourth-order valence-corrected chi connectivity index (χ4v) is 3.44. The van der Waals surface area contributed by atoms with Crippen LogP contribution in [0.5, 0.6) is 0 Å². The maximum atomic E-state index is 11.9. The number of aromatic nitrogens is 1. The van der Waals surface area contributed by atoms with Gasteiger partial charge in [-0.15, -0.1) is 11.3 Å². The molecule has 0 aliphatic carbocycles. The van der Waals surface area contributed by atoms with Crippen LogP contribution in [0.25, 0.3) is 16.2 Å². The predicted molar refractivity (Wildman–Crippen MR) is 92.0 cm³/mol. The number of fused-ring (bicyclic) bond motifs is 1. The Bertz CT molecular complexity index is 827. The van der Waals surface area contributed by atoms with Gasteiger partial charge in [0.15, 0.2) is 0 Å². The second-order valence-electron chi connectivity index (χ2n) is 4.69. The first-order valence-corrected chi connectivity index (χ1v) is 7.95. The second-order valence-corrected chi connectivity index (χ2v) is 6.15. The number of hydrogen-bond acceptors (Lipinski definition) is 3. The lowest BCUT2D eigenvalue weighted by Gasteiger charge is -2.01. The van der Waals surface area contributed by atoms with Crippen LogP contribution < -0.4 is 5.32 Å². The summed E-state index contributed by atoms with van der Waals surface area (Å²) >= 11 is 7.90. The van der Waals surface area contributed by atoms with E-state index in [9.17, 15) is 4.79 Å². The molecule has 22 heavy (non-hydrogen) atoms. The lowest BCUT2D eigenvalue weighted by molar-refractivity contribution is -0.116. The van der Waals surface area contributed by atoms with Crippen molar-refractivity contribution in [2.24, 2.45) is 0 Å². The number of nitrogens with one attached hydrogen (secondary N) is 1. The quantitative estimate of drug-likeness (QED) is 0.726. The molecule has 0 spiro atoms. The highest BCUT2D eigenvalue weighted by atomic mass is 35.5. The standard InChI is InChI=1S/C17H13ClN2OS/c18-17-13-5-1-2-6-14(13)22-15(17)7-8-16(21)20-11-12-4-3-9-19-10-12/h1-10H,11H2,(H,20,21)/b8-7+. The van der Waals surface area contributed by atoms with Crippen molar-refractivity contribution < 1.29 is 4.79 Å². The second kappa shape index (κ2) is 6.73. The van der Waals surface area contributed by atoms with Gasteiger partial charge in [-0.2, -0.15) is 0 Å². The van der Waals surface area contributed by atoms with Crippen LogP contribution in [0.4, 0.5) is 0 Å². The average Bonchev–Trinajstić information content (AvgIpc) is 2.88. The lowest BCUT2D eigenvalue weighted by Crippen LogP contribution is -2.20. The smallest absolute Gasteiger partial charge is 0.244 e. The zero-order valence-corrected chi connectivity index (χ0v) is 13.2. The Labute approximate surface area is 137 Å². The molecule has 3 nitrogen and oxygen atoms in total. The summed E-state index contributed by atoms with van der Waals surface area (Å²) in [5.74, 6) is -0.155. The zero-order valence-electron chi connectivity index (χ0n) is 11.6. The van der Waals surface area contributed by atoms with Crippen molar-refractivity contribution in [1.82, 2.24) is 10.3 Å². The van der Waals surface area contributed by atoms with E-state index in [0.29, 0.717) is 11.6 Å². The highest BCUT2D eigenvalue weighted by Crippen LogP contribution is 2.35. The minimum Gasteiger partial charge on any atom is -0.348 e. The van der Waals surface area contributed by atoms with Gasteiger partial charge in [0.25, 0.3) is 0 Å². The Balaban J connectivity index is 1.67. The van der Waals surface area contributed by atoms with Crippen molar-refractivity contribution in [3.8, 4) is 0 Å². The molecule has 1 N–H and O–H groups in total. The molecular weight excluding hydrogens is 316 g/mol. The number of carbonyl (C=O) groups is 1. The van der Waals surface area contributed by atoms with Crippen molar-refractivity contribution >= 4 is 45.0 Å². The Hall–Kier alpha value is -2.17. The maximum Gasteiger partial charge on any atom is 0.244 e. The van der Waals surface area contributed by atoms with Crippen LogP contribution in [0.1, 0.15) is 10.4 Å². The molecule has 0 atom stereocenters. The summed E-state index contributed by atoms with van der Waals surface area (Å²) in [6.45, 7) is 0.456. The molecule has 110 valence electrons. The molecule has 0 radical (unpaired) electrons. The van der Waals surface area contributed by atoms with Crippen LogP contribution in [-0.4, -0.2) is 10.9 Å². The normalized spacial score (nSPS) is 11.1. The van der Waals surface area contributed by atoms with E-state index < -0.39 is 0 Å². The monoisotopic (exact) mass is 328 g/mol. The first-order chi connectivity index (χ1) is 10.7. The summed E-state index contributed by atoms with van der Waals surface area (Å²) in [5.41, 5.74) is 0.962. The Morgan fingerprint density at radius 2 is 2.14 bits per heavy atom. The molecule has 5 heteroatoms. The molecule has 0 aliphatic heterocycles. The molecule has 0 saturated carbocycles. The Morgan fingerprint density at radius 1 is 1.27 bits per heavy atom. The van der Waals surface area contributed by atoms with E-state index in [1.54, 1.807) is 29.8 Å². The number of halogens is 1. The van der Waals surface area contributed by atoms with Crippen LogP contribution in [0.2, 0.25) is 5.02 Å². The van der Waals surface area contributed by atoms with E-state index in [2.05, 4.69) is 10.3 Å². The fourth-order valence-electron chi connectivity index (χ4n) is 2.04. The first-order valence-electron chi connectivity index (χ1n) is 6.76. The van der Waals surface area contributed by atoms with Crippen LogP contribution >= 0.6 is 22.9 Å². The number of pyridine rings is 1. The van der Waals surface area contributed by atoms with E-state index in [0.717, 1.165) is 20.5 Å². The number of benzene rings is 1. The molecule has 2 aromatic heterocycles. The van der Waals surface area contributed by atoms with Crippen molar-refractivity contribution in [2.75, 3.05) is 0 Å². The molecule has 0 saturated heterocycles. The predicted octanol–water partition coefficient (Wildman–Crippen LogP) is 4.28. The third kappa shape index (κ3) is 3.35. The number of carbonyl (C=O) groups excluding carboxylic acids is 1. The van der Waals surface area contributed by atoms with Crippen LogP contribution in [0, 0.1) is 0 Å². The minimum absolute atomic E-state index is 0.155. The number of amides is 1. The van der Waals surface area contributed by atoms with Crippen molar-refractivity contribution in [3.63, 3.8) is 0 Å². The number of nitrogens with zero attached hydrogens (tertiary/aromatic N) is 1. The largest absolute Gasteiger partial charge is 0.348 e. The SMILES string of the molecule is O=C(/C=C/c1sc2ccccc2c1Cl)NCc1cccnc1. The fraction of sp³-hybridized carbons (Fsp3) is 0.0588. The molecule has 0 fully saturated rings. The summed E-state index contributed by atoms with van der Waals surface area (Å²) < 4.78 is 1.11. The van der Waals surface area contributed by atoms with Gasteiger partial charge in [-0.1, -0.05) is 35.9 Å². The van der Waals surface area contributed by atoms with Crippen LogP contribution in [0.3, 0.4) is 0 Å². The van der Waals surface area contributed by atoms with Gasteiger partial charge in [0.05, 0.1) is 5.02 Å². The molecule has 3 aromatic rings. The number of rotatable bonds is 4. The van der Waals surface area contributed by atoms with Crippen molar-refractivity contribution in [3.05, 3.63) is 70.3 Å². The molecule has 3 rings (SSSR count). The zero-order chi connectivity index (χ0) is 15.4. The molecular formula is C17H13ClN2OS. The number of thiophene rings is 1. The summed E-state index contributed by atoms with van der Waals surface area (Å²) in [6.07, 6.45) is 6.69. The van der Waals surface area contributed by atoms with Gasteiger partial charge in [-0.3, -0.25) is 9.78 Å².